The van der Waals surface area contributed by atoms with E-state index in [-0.39, 0.29) is 0 Å². The second-order valence-corrected chi connectivity index (χ2v) is 15.5. The summed E-state index contributed by atoms with van der Waals surface area (Å²) in [6, 6.07) is 10.1. The third kappa shape index (κ3) is 4.19. The summed E-state index contributed by atoms with van der Waals surface area (Å²) in [5.74, 6) is 2.25. The van der Waals surface area contributed by atoms with Gasteiger partial charge in [0, 0.05) is 0 Å². The van der Waals surface area contributed by atoms with E-state index in [0.717, 1.165) is 0 Å². The van der Waals surface area contributed by atoms with Gasteiger partial charge in [0.05, 0.1) is 8.80 Å². The molecule has 2 aromatic rings. The summed E-state index contributed by atoms with van der Waals surface area (Å²) in [5.41, 5.74) is 16.9. The Morgan fingerprint density at radius 2 is 0.912 bits per heavy atom. The minimum atomic E-state index is -1.24. The first kappa shape index (κ1) is 25.2. The molecule has 0 fully saturated rings. The maximum absolute atomic E-state index is 2.66. The van der Waals surface area contributed by atoms with Gasteiger partial charge in [0.25, 0.3) is 0 Å². The SMILES string of the molecule is CC1=Cc2c(C(C)C)cc(C(C)C)cc2C1[SiH](C)C1C(C)=Cc2c(C(C)C)cc(C(C)C)cc21. The third-order valence-corrected chi connectivity index (χ3v) is 12.4. The Morgan fingerprint density at radius 1 is 0.559 bits per heavy atom. The monoisotopic (exact) mass is 470 g/mol. The maximum atomic E-state index is 2.66. The van der Waals surface area contributed by atoms with Gasteiger partial charge in [-0.1, -0.05) is 110 Å². The number of fused-ring (bicyclic) bond motifs is 2. The van der Waals surface area contributed by atoms with E-state index in [2.05, 4.69) is 112 Å². The molecule has 1 heteroatoms. The Hall–Kier alpha value is -1.86. The van der Waals surface area contributed by atoms with Crippen molar-refractivity contribution >= 4 is 20.9 Å². The van der Waals surface area contributed by atoms with Gasteiger partial charge in [-0.15, -0.1) is 0 Å². The van der Waals surface area contributed by atoms with Crippen LogP contribution in [0.2, 0.25) is 6.55 Å². The predicted molar refractivity (Wildman–Crippen MR) is 155 cm³/mol. The first-order chi connectivity index (χ1) is 15.9. The molecule has 2 aliphatic rings. The van der Waals surface area contributed by atoms with Crippen LogP contribution < -0.4 is 0 Å². The van der Waals surface area contributed by atoms with Gasteiger partial charge < -0.3 is 0 Å². The van der Waals surface area contributed by atoms with Gasteiger partial charge in [-0.2, -0.15) is 0 Å². The van der Waals surface area contributed by atoms with Gasteiger partial charge in [0.15, 0.2) is 0 Å². The summed E-state index contributed by atoms with van der Waals surface area (Å²) in [6.07, 6.45) is 5.09. The van der Waals surface area contributed by atoms with Gasteiger partial charge in [-0.05, 0) is 93.1 Å². The molecule has 2 aliphatic carbocycles. The fraction of sp³-hybridized carbons (Fsp3) is 0.515. The number of allylic oxidation sites excluding steroid dienone is 2. The van der Waals surface area contributed by atoms with Crippen LogP contribution in [0.15, 0.2) is 35.4 Å². The molecule has 0 spiro atoms. The van der Waals surface area contributed by atoms with Crippen LogP contribution in [0.3, 0.4) is 0 Å². The molecule has 4 rings (SSSR count). The number of rotatable bonds is 6. The summed E-state index contributed by atoms with van der Waals surface area (Å²) in [5, 5.41) is 0. The lowest BCUT2D eigenvalue weighted by molar-refractivity contribution is 0.824. The molecule has 0 saturated carbocycles. The highest BCUT2D eigenvalue weighted by Gasteiger charge is 2.39. The molecule has 34 heavy (non-hydrogen) atoms. The third-order valence-electron chi connectivity index (χ3n) is 8.56. The van der Waals surface area contributed by atoms with Crippen molar-refractivity contribution in [2.45, 2.75) is 111 Å². The van der Waals surface area contributed by atoms with Crippen molar-refractivity contribution in [3.63, 3.8) is 0 Å². The molecule has 2 unspecified atom stereocenters. The van der Waals surface area contributed by atoms with Crippen molar-refractivity contribution in [2.75, 3.05) is 0 Å². The fourth-order valence-corrected chi connectivity index (χ4v) is 10.6. The maximum Gasteiger partial charge on any atom is 0.0599 e. The van der Waals surface area contributed by atoms with E-state index in [4.69, 9.17) is 0 Å². The van der Waals surface area contributed by atoms with Crippen LogP contribution in [0.25, 0.3) is 12.2 Å². The quantitative estimate of drug-likeness (QED) is 0.368. The van der Waals surface area contributed by atoms with Crippen LogP contribution in [-0.4, -0.2) is 8.80 Å². The lowest BCUT2D eigenvalue weighted by Crippen LogP contribution is -2.29. The van der Waals surface area contributed by atoms with Crippen LogP contribution in [0.5, 0.6) is 0 Å². The lowest BCUT2D eigenvalue weighted by Gasteiger charge is -2.30. The second-order valence-electron chi connectivity index (χ2n) is 12.4. The van der Waals surface area contributed by atoms with E-state index in [1.165, 1.54) is 11.1 Å². The molecular formula is C33H46Si. The normalized spacial score (nSPS) is 20.3. The second kappa shape index (κ2) is 9.30. The molecule has 182 valence electrons. The lowest BCUT2D eigenvalue weighted by atomic mass is 9.89. The Bertz CT molecular complexity index is 1060. The van der Waals surface area contributed by atoms with Crippen LogP contribution in [0, 0.1) is 0 Å². The molecule has 0 radical (unpaired) electrons. The van der Waals surface area contributed by atoms with Crippen molar-refractivity contribution < 1.29 is 0 Å². The highest BCUT2D eigenvalue weighted by molar-refractivity contribution is 6.63. The van der Waals surface area contributed by atoms with Crippen LogP contribution >= 0.6 is 0 Å². The summed E-state index contributed by atoms with van der Waals surface area (Å²) in [4.78, 5) is 0. The number of hydrogen-bond acceptors (Lipinski definition) is 0. The van der Waals surface area contributed by atoms with Crippen molar-refractivity contribution in [3.05, 3.63) is 79.9 Å². The Labute approximate surface area is 211 Å². The molecule has 2 atom stereocenters. The van der Waals surface area contributed by atoms with Crippen LogP contribution in [0.4, 0.5) is 0 Å². The predicted octanol–water partition coefficient (Wildman–Crippen LogP) is 9.82. The Balaban J connectivity index is 1.85. The van der Waals surface area contributed by atoms with E-state index >= 15 is 0 Å². The zero-order chi connectivity index (χ0) is 25.1. The number of benzene rings is 2. The van der Waals surface area contributed by atoms with E-state index < -0.39 is 8.80 Å². The van der Waals surface area contributed by atoms with Crippen molar-refractivity contribution in [3.8, 4) is 0 Å². The van der Waals surface area contributed by atoms with E-state index in [1.807, 2.05) is 0 Å². The Kier molecular flexibility index (Phi) is 6.90. The zero-order valence-electron chi connectivity index (χ0n) is 23.5. The van der Waals surface area contributed by atoms with Gasteiger partial charge in [-0.25, -0.2) is 0 Å². The van der Waals surface area contributed by atoms with E-state index in [0.29, 0.717) is 34.8 Å². The van der Waals surface area contributed by atoms with Crippen molar-refractivity contribution in [2.24, 2.45) is 0 Å². The first-order valence-corrected chi connectivity index (χ1v) is 16.1. The van der Waals surface area contributed by atoms with Crippen molar-refractivity contribution in [1.82, 2.24) is 0 Å². The summed E-state index contributed by atoms with van der Waals surface area (Å²) < 4.78 is 0. The average molecular weight is 471 g/mol. The summed E-state index contributed by atoms with van der Waals surface area (Å²) in [6.45, 7) is 26.3. The van der Waals surface area contributed by atoms with Gasteiger partial charge in [0.1, 0.15) is 0 Å². The molecule has 0 heterocycles. The minimum absolute atomic E-state index is 0.559. The molecule has 0 N–H and O–H groups in total. The number of hydrogen-bond donors (Lipinski definition) is 0. The van der Waals surface area contributed by atoms with Crippen LogP contribution in [-0.2, 0) is 0 Å². The molecule has 0 nitrogen and oxygen atoms in total. The molecule has 0 aliphatic heterocycles. The highest BCUT2D eigenvalue weighted by Crippen LogP contribution is 2.50. The molecule has 0 saturated heterocycles. The fourth-order valence-electron chi connectivity index (χ4n) is 6.63. The Morgan fingerprint density at radius 3 is 1.21 bits per heavy atom. The summed E-state index contributed by atoms with van der Waals surface area (Å²) in [7, 11) is -1.24. The van der Waals surface area contributed by atoms with E-state index in [9.17, 15) is 0 Å². The van der Waals surface area contributed by atoms with Gasteiger partial charge in [0.2, 0.25) is 0 Å². The summed E-state index contributed by atoms with van der Waals surface area (Å²) >= 11 is 0. The van der Waals surface area contributed by atoms with Gasteiger partial charge >= 0.3 is 0 Å². The molecule has 0 aromatic heterocycles. The largest absolute Gasteiger partial charge is 0.0705 e. The average Bonchev–Trinajstić information content (AvgIpc) is 3.26. The zero-order valence-corrected chi connectivity index (χ0v) is 24.7. The topological polar surface area (TPSA) is 0 Å². The minimum Gasteiger partial charge on any atom is -0.0705 e. The highest BCUT2D eigenvalue weighted by atomic mass is 28.3. The molecule has 0 amide bonds. The molecular weight excluding hydrogens is 424 g/mol. The smallest absolute Gasteiger partial charge is 0.0599 e. The molecule has 2 aromatic carbocycles. The van der Waals surface area contributed by atoms with Crippen LogP contribution in [0.1, 0.15) is 148 Å². The molecule has 0 bridgehead atoms. The van der Waals surface area contributed by atoms with Gasteiger partial charge in [-0.3, -0.25) is 0 Å². The van der Waals surface area contributed by atoms with Crippen molar-refractivity contribution in [1.29, 1.82) is 0 Å². The first-order valence-electron chi connectivity index (χ1n) is 13.6. The standard InChI is InChI=1S/C33H46Si/c1-18(2)24-14-26(20(5)6)28-12-22(9)32(30(28)16-24)34(11)33-23(10)13-29-27(21(7)8)15-25(19(3)4)17-31(29)33/h12-21,32-34H,1-11H3. The van der Waals surface area contributed by atoms with E-state index in [1.54, 1.807) is 44.5 Å².